The summed E-state index contributed by atoms with van der Waals surface area (Å²) in [5, 5.41) is 3.10. The van der Waals surface area contributed by atoms with Gasteiger partial charge in [0, 0.05) is 44.0 Å². The van der Waals surface area contributed by atoms with Crippen molar-refractivity contribution in [3.8, 4) is 5.82 Å². The first kappa shape index (κ1) is 19.1. The topological polar surface area (TPSA) is 75.9 Å². The number of hydrogen-bond donors (Lipinski definition) is 1. The van der Waals surface area contributed by atoms with Gasteiger partial charge in [-0.2, -0.15) is 0 Å². The highest BCUT2D eigenvalue weighted by Crippen LogP contribution is 2.23. The first-order valence-corrected chi connectivity index (χ1v) is 10.1. The van der Waals surface area contributed by atoms with Crippen LogP contribution in [0.2, 0.25) is 0 Å². The molecule has 0 bridgehead atoms. The summed E-state index contributed by atoms with van der Waals surface area (Å²) in [6, 6.07) is 12.2. The normalized spacial score (nSPS) is 14.7. The summed E-state index contributed by atoms with van der Waals surface area (Å²) >= 11 is 0. The highest BCUT2D eigenvalue weighted by atomic mass is 16.1. The van der Waals surface area contributed by atoms with Crippen LogP contribution < -0.4 is 10.2 Å². The van der Waals surface area contributed by atoms with E-state index in [0.717, 1.165) is 49.8 Å². The third-order valence-electron chi connectivity index (χ3n) is 5.46. The lowest BCUT2D eigenvalue weighted by atomic mass is 9.96. The molecular weight excluding hydrogens is 364 g/mol. The van der Waals surface area contributed by atoms with Gasteiger partial charge in [0.1, 0.15) is 23.8 Å². The summed E-state index contributed by atoms with van der Waals surface area (Å²) in [6.07, 6.45) is 7.78. The Morgan fingerprint density at radius 2 is 1.86 bits per heavy atom. The third-order valence-corrected chi connectivity index (χ3v) is 5.46. The Labute approximate surface area is 170 Å². The number of rotatable bonds is 6. The van der Waals surface area contributed by atoms with Crippen LogP contribution in [0.4, 0.5) is 5.82 Å². The second-order valence-electron chi connectivity index (χ2n) is 7.37. The minimum atomic E-state index is 0.0687. The molecule has 3 aromatic rings. The predicted octanol–water partition coefficient (Wildman–Crippen LogP) is 2.55. The van der Waals surface area contributed by atoms with Gasteiger partial charge in [-0.15, -0.1) is 0 Å². The van der Waals surface area contributed by atoms with E-state index in [1.807, 2.05) is 42.0 Å². The largest absolute Gasteiger partial charge is 0.356 e. The van der Waals surface area contributed by atoms with Gasteiger partial charge in [-0.1, -0.05) is 30.3 Å². The average Bonchev–Trinajstić information content (AvgIpc) is 3.20. The van der Waals surface area contributed by atoms with Gasteiger partial charge >= 0.3 is 0 Å². The summed E-state index contributed by atoms with van der Waals surface area (Å²) in [7, 11) is 0. The van der Waals surface area contributed by atoms with Crippen LogP contribution in [0.1, 0.15) is 24.2 Å². The molecule has 2 aromatic heterocycles. The molecule has 4 rings (SSSR count). The molecule has 1 fully saturated rings. The van der Waals surface area contributed by atoms with E-state index in [4.69, 9.17) is 0 Å². The van der Waals surface area contributed by atoms with Gasteiger partial charge in [-0.05, 0) is 31.7 Å². The lowest BCUT2D eigenvalue weighted by Gasteiger charge is -2.32. The number of carbonyl (C=O) groups excluding carboxylic acids is 1. The summed E-state index contributed by atoms with van der Waals surface area (Å²) in [5.74, 6) is 2.83. The molecule has 7 heteroatoms. The van der Waals surface area contributed by atoms with Crippen LogP contribution in [0.3, 0.4) is 0 Å². The van der Waals surface area contributed by atoms with Gasteiger partial charge in [0.2, 0.25) is 5.91 Å². The molecule has 0 aliphatic carbocycles. The van der Waals surface area contributed by atoms with Crippen LogP contribution in [0, 0.1) is 12.8 Å². The van der Waals surface area contributed by atoms with Crippen LogP contribution >= 0.6 is 0 Å². The summed E-state index contributed by atoms with van der Waals surface area (Å²) in [5.41, 5.74) is 1.25. The van der Waals surface area contributed by atoms with Crippen molar-refractivity contribution < 1.29 is 4.79 Å². The van der Waals surface area contributed by atoms with E-state index in [1.54, 1.807) is 12.5 Å². The maximum atomic E-state index is 12.5. The third kappa shape index (κ3) is 4.62. The Kier molecular flexibility index (Phi) is 5.84. The van der Waals surface area contributed by atoms with Crippen LogP contribution in [-0.4, -0.2) is 45.1 Å². The molecule has 0 spiro atoms. The number of aryl methyl sites for hydroxylation is 1. The molecule has 3 heterocycles. The maximum Gasteiger partial charge on any atom is 0.223 e. The van der Waals surface area contributed by atoms with Crippen LogP contribution in [0.15, 0.2) is 55.1 Å². The van der Waals surface area contributed by atoms with Crippen molar-refractivity contribution in [2.24, 2.45) is 5.92 Å². The number of aromatic nitrogens is 4. The van der Waals surface area contributed by atoms with Gasteiger partial charge < -0.3 is 10.2 Å². The molecule has 1 aliphatic heterocycles. The lowest BCUT2D eigenvalue weighted by molar-refractivity contribution is -0.125. The molecule has 1 aliphatic rings. The number of imidazole rings is 1. The van der Waals surface area contributed by atoms with E-state index in [0.29, 0.717) is 6.54 Å². The molecule has 1 saturated heterocycles. The van der Waals surface area contributed by atoms with Crippen molar-refractivity contribution in [1.29, 1.82) is 0 Å². The summed E-state index contributed by atoms with van der Waals surface area (Å²) in [6.45, 7) is 4.26. The summed E-state index contributed by atoms with van der Waals surface area (Å²) in [4.78, 5) is 27.8. The zero-order valence-electron chi connectivity index (χ0n) is 16.7. The molecule has 1 amide bonds. The number of benzene rings is 1. The van der Waals surface area contributed by atoms with Crippen molar-refractivity contribution in [1.82, 2.24) is 24.8 Å². The molecule has 29 heavy (non-hydrogen) atoms. The molecular formula is C22H26N6O. The Bertz CT molecular complexity index is 947. The van der Waals surface area contributed by atoms with E-state index in [9.17, 15) is 4.79 Å². The molecule has 0 atom stereocenters. The van der Waals surface area contributed by atoms with E-state index in [2.05, 4.69) is 37.3 Å². The molecule has 150 valence electrons. The molecule has 1 aromatic carbocycles. The zero-order chi connectivity index (χ0) is 20.1. The first-order chi connectivity index (χ1) is 14.2. The average molecular weight is 390 g/mol. The van der Waals surface area contributed by atoms with E-state index >= 15 is 0 Å². The Morgan fingerprint density at radius 1 is 1.10 bits per heavy atom. The van der Waals surface area contributed by atoms with E-state index < -0.39 is 0 Å². The smallest absolute Gasteiger partial charge is 0.223 e. The SMILES string of the molecule is Cc1nccn1-c1cc(N2CCC(C(=O)NCCc3ccccc3)CC2)ncn1. The first-order valence-electron chi connectivity index (χ1n) is 10.1. The van der Waals surface area contributed by atoms with E-state index in [-0.39, 0.29) is 11.8 Å². The standard InChI is InChI=1S/C22H26N6O/c1-17-23-11-14-28(17)21-15-20(25-16-26-21)27-12-8-19(9-13-27)22(29)24-10-7-18-5-3-2-4-6-18/h2-6,11,14-16,19H,7-10,12-13H2,1H3,(H,24,29). The number of nitrogens with one attached hydrogen (secondary N) is 1. The van der Waals surface area contributed by atoms with Crippen LogP contribution in [0.5, 0.6) is 0 Å². The number of nitrogens with zero attached hydrogens (tertiary/aromatic N) is 5. The molecule has 0 saturated carbocycles. The highest BCUT2D eigenvalue weighted by molar-refractivity contribution is 5.79. The number of anilines is 1. The fraction of sp³-hybridized carbons (Fsp3) is 0.364. The minimum Gasteiger partial charge on any atom is -0.356 e. The Morgan fingerprint density at radius 3 is 2.59 bits per heavy atom. The number of hydrogen-bond acceptors (Lipinski definition) is 5. The second kappa shape index (κ2) is 8.86. The minimum absolute atomic E-state index is 0.0687. The fourth-order valence-corrected chi connectivity index (χ4v) is 3.75. The molecule has 7 nitrogen and oxygen atoms in total. The van der Waals surface area contributed by atoms with Gasteiger partial charge in [0.05, 0.1) is 0 Å². The molecule has 1 N–H and O–H groups in total. The predicted molar refractivity (Wildman–Crippen MR) is 112 cm³/mol. The van der Waals surface area contributed by atoms with Crippen molar-refractivity contribution >= 4 is 11.7 Å². The number of carbonyl (C=O) groups is 1. The van der Waals surface area contributed by atoms with Crippen molar-refractivity contribution in [2.45, 2.75) is 26.2 Å². The van der Waals surface area contributed by atoms with Gasteiger partial charge in [0.25, 0.3) is 0 Å². The van der Waals surface area contributed by atoms with Crippen LogP contribution in [0.25, 0.3) is 5.82 Å². The lowest BCUT2D eigenvalue weighted by Crippen LogP contribution is -2.41. The highest BCUT2D eigenvalue weighted by Gasteiger charge is 2.25. The van der Waals surface area contributed by atoms with Gasteiger partial charge in [-0.25, -0.2) is 15.0 Å². The maximum absolute atomic E-state index is 12.5. The number of amides is 1. The molecule has 0 unspecified atom stereocenters. The van der Waals surface area contributed by atoms with E-state index in [1.165, 1.54) is 5.56 Å². The Hall–Kier alpha value is -3.22. The fourth-order valence-electron chi connectivity index (χ4n) is 3.75. The van der Waals surface area contributed by atoms with Crippen molar-refractivity contribution in [3.05, 3.63) is 66.5 Å². The van der Waals surface area contributed by atoms with Gasteiger partial charge in [-0.3, -0.25) is 9.36 Å². The van der Waals surface area contributed by atoms with Crippen molar-refractivity contribution in [3.63, 3.8) is 0 Å². The number of piperidine rings is 1. The molecule has 0 radical (unpaired) electrons. The van der Waals surface area contributed by atoms with Crippen LogP contribution in [-0.2, 0) is 11.2 Å². The quantitative estimate of drug-likeness (QED) is 0.700. The monoisotopic (exact) mass is 390 g/mol. The van der Waals surface area contributed by atoms with Gasteiger partial charge in [0.15, 0.2) is 0 Å². The zero-order valence-corrected chi connectivity index (χ0v) is 16.7. The Balaban J connectivity index is 1.29. The summed E-state index contributed by atoms with van der Waals surface area (Å²) < 4.78 is 1.94. The second-order valence-corrected chi connectivity index (χ2v) is 7.37. The van der Waals surface area contributed by atoms with Crippen molar-refractivity contribution in [2.75, 3.05) is 24.5 Å².